The lowest BCUT2D eigenvalue weighted by Gasteiger charge is -2.40. The number of amides is 2. The number of piperazine rings is 1. The second-order valence-electron chi connectivity index (χ2n) is 8.13. The lowest BCUT2D eigenvalue weighted by Crippen LogP contribution is -2.58. The van der Waals surface area contributed by atoms with E-state index in [4.69, 9.17) is 5.73 Å². The number of carbonyl (C=O) groups excluding carboxylic acids is 2. The molecule has 0 bridgehead atoms. The van der Waals surface area contributed by atoms with Crippen LogP contribution in [0.3, 0.4) is 0 Å². The van der Waals surface area contributed by atoms with Gasteiger partial charge < -0.3 is 20.6 Å². The summed E-state index contributed by atoms with van der Waals surface area (Å²) in [5.41, 5.74) is 8.32. The van der Waals surface area contributed by atoms with Gasteiger partial charge >= 0.3 is 0 Å². The third-order valence-corrected chi connectivity index (χ3v) is 5.82. The topological polar surface area (TPSA) is 113 Å². The first-order chi connectivity index (χ1) is 16.0. The van der Waals surface area contributed by atoms with Crippen LogP contribution in [0.5, 0.6) is 5.75 Å². The Morgan fingerprint density at radius 1 is 1.21 bits per heavy atom. The molecule has 3 aromatic rings. The summed E-state index contributed by atoms with van der Waals surface area (Å²) in [6.07, 6.45) is 5.94. The summed E-state index contributed by atoms with van der Waals surface area (Å²) in [7, 11) is 0. The van der Waals surface area contributed by atoms with Crippen LogP contribution >= 0.6 is 0 Å². The first-order valence-electron chi connectivity index (χ1n) is 11.0. The van der Waals surface area contributed by atoms with Gasteiger partial charge in [0.25, 0.3) is 0 Å². The van der Waals surface area contributed by atoms with Crippen molar-refractivity contribution in [3.05, 3.63) is 66.0 Å². The molecule has 1 atom stereocenters. The average Bonchev–Trinajstić information content (AvgIpc) is 2.80. The minimum Gasteiger partial charge on any atom is -0.508 e. The second-order valence-corrected chi connectivity index (χ2v) is 8.13. The highest BCUT2D eigenvalue weighted by atomic mass is 16.3. The highest BCUT2D eigenvalue weighted by molar-refractivity contribution is 5.96. The molecule has 1 fully saturated rings. The molecule has 2 heterocycles. The van der Waals surface area contributed by atoms with Crippen molar-refractivity contribution in [2.75, 3.05) is 18.8 Å². The number of phenols is 1. The van der Waals surface area contributed by atoms with Crippen LogP contribution in [0.1, 0.15) is 30.9 Å². The lowest BCUT2D eigenvalue weighted by molar-refractivity contribution is -0.150. The van der Waals surface area contributed by atoms with Gasteiger partial charge in [-0.1, -0.05) is 31.5 Å². The Kier molecular flexibility index (Phi) is 6.53. The Labute approximate surface area is 192 Å². The molecule has 0 aliphatic carbocycles. The molecule has 4 rings (SSSR count). The number of phenolic OH excluding ortho intramolecular Hbond substituents is 1. The molecule has 1 aliphatic heterocycles. The zero-order valence-corrected chi connectivity index (χ0v) is 18.5. The summed E-state index contributed by atoms with van der Waals surface area (Å²) >= 11 is 0. The third kappa shape index (κ3) is 4.95. The van der Waals surface area contributed by atoms with Crippen molar-refractivity contribution < 1.29 is 14.7 Å². The maximum atomic E-state index is 13.3. The van der Waals surface area contributed by atoms with Crippen LogP contribution in [0.25, 0.3) is 17.0 Å². The lowest BCUT2D eigenvalue weighted by atomic mass is 10.0. The standard InChI is InChI=1S/C25H27N5O3/c1-2-4-22-25(33)29(15-18-7-9-20-21(14-18)27-16-28-24(20)26)11-12-30(22)23(32)10-8-17-5-3-6-19(31)13-17/h3,5-10,13-14,16,22,31H,2,4,11-12,15H2,1H3,(H2,26,27,28)/t22-/m0/s1. The van der Waals surface area contributed by atoms with E-state index < -0.39 is 6.04 Å². The van der Waals surface area contributed by atoms with Crippen molar-refractivity contribution in [3.8, 4) is 5.75 Å². The van der Waals surface area contributed by atoms with E-state index in [2.05, 4.69) is 9.97 Å². The van der Waals surface area contributed by atoms with Gasteiger partial charge in [0.2, 0.25) is 11.8 Å². The molecule has 8 nitrogen and oxygen atoms in total. The minimum absolute atomic E-state index is 0.0514. The molecule has 8 heteroatoms. The summed E-state index contributed by atoms with van der Waals surface area (Å²) in [6, 6.07) is 11.9. The molecule has 0 spiro atoms. The van der Waals surface area contributed by atoms with Crippen LogP contribution in [-0.4, -0.2) is 55.8 Å². The summed E-state index contributed by atoms with van der Waals surface area (Å²) in [6.45, 7) is 3.36. The molecule has 2 amide bonds. The van der Waals surface area contributed by atoms with Crippen molar-refractivity contribution in [3.63, 3.8) is 0 Å². The van der Waals surface area contributed by atoms with E-state index in [1.54, 1.807) is 40.1 Å². The minimum atomic E-state index is -0.497. The van der Waals surface area contributed by atoms with Gasteiger partial charge in [-0.05, 0) is 47.9 Å². The zero-order valence-electron chi connectivity index (χ0n) is 18.5. The molecule has 33 heavy (non-hydrogen) atoms. The predicted molar refractivity (Wildman–Crippen MR) is 127 cm³/mol. The van der Waals surface area contributed by atoms with E-state index in [1.165, 1.54) is 12.4 Å². The van der Waals surface area contributed by atoms with Crippen LogP contribution in [-0.2, 0) is 16.1 Å². The Hall–Kier alpha value is -3.94. The van der Waals surface area contributed by atoms with Gasteiger partial charge in [0.1, 0.15) is 23.9 Å². The van der Waals surface area contributed by atoms with E-state index in [-0.39, 0.29) is 17.6 Å². The Morgan fingerprint density at radius 3 is 2.85 bits per heavy atom. The number of aromatic hydroxyl groups is 1. The quantitative estimate of drug-likeness (QED) is 0.564. The maximum absolute atomic E-state index is 13.3. The molecule has 1 aromatic heterocycles. The number of fused-ring (bicyclic) bond motifs is 1. The fraction of sp³-hybridized carbons (Fsp3) is 0.280. The fourth-order valence-electron chi connectivity index (χ4n) is 4.15. The van der Waals surface area contributed by atoms with Crippen molar-refractivity contribution in [1.29, 1.82) is 0 Å². The number of hydrogen-bond donors (Lipinski definition) is 2. The van der Waals surface area contributed by atoms with Crippen LogP contribution in [0.4, 0.5) is 5.82 Å². The molecule has 1 saturated heterocycles. The highest BCUT2D eigenvalue weighted by Crippen LogP contribution is 2.22. The molecular formula is C25H27N5O3. The van der Waals surface area contributed by atoms with E-state index in [0.29, 0.717) is 31.9 Å². The van der Waals surface area contributed by atoms with E-state index in [1.807, 2.05) is 25.1 Å². The predicted octanol–water partition coefficient (Wildman–Crippen LogP) is 2.97. The van der Waals surface area contributed by atoms with Crippen LogP contribution in [0.15, 0.2) is 54.9 Å². The van der Waals surface area contributed by atoms with Gasteiger partial charge in [-0.15, -0.1) is 0 Å². The molecule has 2 aromatic carbocycles. The van der Waals surface area contributed by atoms with Crippen molar-refractivity contribution in [2.45, 2.75) is 32.4 Å². The molecule has 1 aliphatic rings. The first-order valence-corrected chi connectivity index (χ1v) is 11.0. The number of carbonyl (C=O) groups is 2. The first kappa shape index (κ1) is 22.3. The summed E-state index contributed by atoms with van der Waals surface area (Å²) < 4.78 is 0. The molecule has 0 saturated carbocycles. The number of anilines is 1. The zero-order chi connectivity index (χ0) is 23.4. The largest absolute Gasteiger partial charge is 0.508 e. The van der Waals surface area contributed by atoms with Gasteiger partial charge in [0.15, 0.2) is 0 Å². The molecule has 0 unspecified atom stereocenters. The average molecular weight is 446 g/mol. The van der Waals surface area contributed by atoms with Crippen molar-refractivity contribution in [1.82, 2.24) is 19.8 Å². The van der Waals surface area contributed by atoms with Crippen molar-refractivity contribution >= 4 is 34.6 Å². The Morgan fingerprint density at radius 2 is 2.06 bits per heavy atom. The Balaban J connectivity index is 1.48. The van der Waals surface area contributed by atoms with Gasteiger partial charge in [-0.2, -0.15) is 0 Å². The van der Waals surface area contributed by atoms with Gasteiger partial charge in [-0.25, -0.2) is 9.97 Å². The summed E-state index contributed by atoms with van der Waals surface area (Å²) in [4.78, 5) is 37.9. The SMILES string of the molecule is CCC[C@H]1C(=O)N(Cc2ccc3c(N)ncnc3c2)CCN1C(=O)C=Cc1cccc(O)c1. The highest BCUT2D eigenvalue weighted by Gasteiger charge is 2.36. The number of aromatic nitrogens is 2. The van der Waals surface area contributed by atoms with Crippen LogP contribution in [0.2, 0.25) is 0 Å². The Bertz CT molecular complexity index is 1210. The number of nitrogen functional groups attached to an aromatic ring is 1. The number of hydrogen-bond acceptors (Lipinski definition) is 6. The van der Waals surface area contributed by atoms with E-state index in [0.717, 1.165) is 28.5 Å². The maximum Gasteiger partial charge on any atom is 0.247 e. The smallest absolute Gasteiger partial charge is 0.247 e. The normalized spacial score (nSPS) is 16.6. The number of rotatable bonds is 6. The second kappa shape index (κ2) is 9.68. The third-order valence-electron chi connectivity index (χ3n) is 5.82. The van der Waals surface area contributed by atoms with Gasteiger partial charge in [0.05, 0.1) is 5.52 Å². The van der Waals surface area contributed by atoms with Crippen LogP contribution < -0.4 is 5.73 Å². The van der Waals surface area contributed by atoms with Gasteiger partial charge in [0, 0.05) is 31.1 Å². The molecule has 0 radical (unpaired) electrons. The van der Waals surface area contributed by atoms with Gasteiger partial charge in [-0.3, -0.25) is 9.59 Å². The van der Waals surface area contributed by atoms with Crippen molar-refractivity contribution in [2.24, 2.45) is 0 Å². The molecule has 170 valence electrons. The summed E-state index contributed by atoms with van der Waals surface area (Å²) in [5, 5.41) is 10.4. The summed E-state index contributed by atoms with van der Waals surface area (Å²) in [5.74, 6) is 0.309. The number of nitrogens with two attached hydrogens (primary N) is 1. The molecule has 3 N–H and O–H groups in total. The van der Waals surface area contributed by atoms with Crippen LogP contribution in [0, 0.1) is 0 Å². The fourth-order valence-corrected chi connectivity index (χ4v) is 4.15. The van der Waals surface area contributed by atoms with E-state index in [9.17, 15) is 14.7 Å². The monoisotopic (exact) mass is 445 g/mol. The van der Waals surface area contributed by atoms with E-state index >= 15 is 0 Å². The number of nitrogens with zero attached hydrogens (tertiary/aromatic N) is 4. The number of benzene rings is 2. The molecular weight excluding hydrogens is 418 g/mol.